The van der Waals surface area contributed by atoms with Gasteiger partial charge in [-0.05, 0) is 42.3 Å². The molecule has 120 valence electrons. The highest BCUT2D eigenvalue weighted by molar-refractivity contribution is 5.95. The van der Waals surface area contributed by atoms with Crippen molar-refractivity contribution in [3.8, 4) is 5.75 Å². The molecule has 0 fully saturated rings. The summed E-state index contributed by atoms with van der Waals surface area (Å²) in [5.41, 5.74) is 1.00. The van der Waals surface area contributed by atoms with E-state index in [1.807, 2.05) is 24.3 Å². The third kappa shape index (κ3) is 3.74. The zero-order valence-corrected chi connectivity index (χ0v) is 13.0. The van der Waals surface area contributed by atoms with Crippen molar-refractivity contribution in [2.75, 3.05) is 11.9 Å². The van der Waals surface area contributed by atoms with Crippen molar-refractivity contribution in [2.24, 2.45) is 17.2 Å². The van der Waals surface area contributed by atoms with E-state index in [0.29, 0.717) is 5.82 Å². The number of nitrogens with zero attached hydrogens (tertiary/aromatic N) is 4. The maximum atomic E-state index is 10.5. The molecule has 0 amide bonds. The number of imidazole rings is 1. The molecule has 7 nitrogen and oxygen atoms in total. The van der Waals surface area contributed by atoms with Crippen molar-refractivity contribution in [2.45, 2.75) is 25.9 Å². The van der Waals surface area contributed by atoms with Gasteiger partial charge in [-0.25, -0.2) is 4.98 Å². The number of aromatic nitrogens is 2. The van der Waals surface area contributed by atoms with E-state index in [-0.39, 0.29) is 12.4 Å². The molecule has 0 saturated heterocycles. The molecular weight excluding hydrogens is 294 g/mol. The van der Waals surface area contributed by atoms with E-state index in [1.165, 1.54) is 19.0 Å². The van der Waals surface area contributed by atoms with Crippen LogP contribution in [-0.2, 0) is 13.7 Å². The van der Waals surface area contributed by atoms with Crippen LogP contribution < -0.4 is 10.1 Å². The molecule has 23 heavy (non-hydrogen) atoms. The smallest absolute Gasteiger partial charge is 0.197 e. The minimum Gasteiger partial charge on any atom is -0.486 e. The van der Waals surface area contributed by atoms with Gasteiger partial charge in [-0.3, -0.25) is 4.99 Å². The molecule has 1 N–H and O–H groups in total. The van der Waals surface area contributed by atoms with Gasteiger partial charge in [0.1, 0.15) is 24.0 Å². The Bertz CT molecular complexity index is 706. The highest BCUT2D eigenvalue weighted by Crippen LogP contribution is 2.19. The second kappa shape index (κ2) is 7.04. The van der Waals surface area contributed by atoms with E-state index in [4.69, 9.17) is 4.74 Å². The van der Waals surface area contributed by atoms with E-state index in [9.17, 15) is 4.91 Å². The van der Waals surface area contributed by atoms with Gasteiger partial charge in [-0.2, -0.15) is 0 Å². The number of ether oxygens (including phenoxy) is 1. The van der Waals surface area contributed by atoms with Gasteiger partial charge in [-0.1, -0.05) is 0 Å². The first-order valence-corrected chi connectivity index (χ1v) is 7.63. The molecule has 0 saturated carbocycles. The highest BCUT2D eigenvalue weighted by atomic mass is 16.5. The predicted molar refractivity (Wildman–Crippen MR) is 89.2 cm³/mol. The van der Waals surface area contributed by atoms with Crippen molar-refractivity contribution in [1.82, 2.24) is 9.55 Å². The van der Waals surface area contributed by atoms with Crippen LogP contribution in [0.15, 0.2) is 40.6 Å². The topological polar surface area (TPSA) is 80.9 Å². The molecule has 1 aromatic carbocycles. The van der Waals surface area contributed by atoms with Crippen LogP contribution in [-0.4, -0.2) is 21.9 Å². The maximum absolute atomic E-state index is 10.5. The lowest BCUT2D eigenvalue weighted by atomic mass is 10.2. The van der Waals surface area contributed by atoms with Crippen LogP contribution in [0.2, 0.25) is 0 Å². The Balaban J connectivity index is 1.57. The SMILES string of the molecule is Cn1c(N=O)cnc1COc1ccc(NC2=NCCCC2)cc1. The number of nitroso groups, excluding NO2 is 1. The molecule has 0 radical (unpaired) electrons. The van der Waals surface area contributed by atoms with Crippen LogP contribution >= 0.6 is 0 Å². The molecule has 0 aliphatic carbocycles. The zero-order chi connectivity index (χ0) is 16.1. The van der Waals surface area contributed by atoms with Crippen LogP contribution in [0.5, 0.6) is 5.75 Å². The fourth-order valence-electron chi connectivity index (χ4n) is 2.40. The summed E-state index contributed by atoms with van der Waals surface area (Å²) in [4.78, 5) is 19.1. The Morgan fingerprint density at radius 2 is 2.13 bits per heavy atom. The second-order valence-corrected chi connectivity index (χ2v) is 5.41. The molecule has 0 atom stereocenters. The summed E-state index contributed by atoms with van der Waals surface area (Å²) in [5.74, 6) is 2.73. The fraction of sp³-hybridized carbons (Fsp3) is 0.375. The summed E-state index contributed by atoms with van der Waals surface area (Å²) >= 11 is 0. The summed E-state index contributed by atoms with van der Waals surface area (Å²) < 4.78 is 7.31. The van der Waals surface area contributed by atoms with E-state index in [0.717, 1.165) is 30.2 Å². The maximum Gasteiger partial charge on any atom is 0.197 e. The molecule has 1 aliphatic heterocycles. The summed E-state index contributed by atoms with van der Waals surface area (Å²) in [6, 6.07) is 7.72. The fourth-order valence-corrected chi connectivity index (χ4v) is 2.40. The van der Waals surface area contributed by atoms with Crippen LogP contribution in [0.4, 0.5) is 11.5 Å². The molecule has 7 heteroatoms. The summed E-state index contributed by atoms with van der Waals surface area (Å²) in [6.07, 6.45) is 4.80. The van der Waals surface area contributed by atoms with Gasteiger partial charge in [0.25, 0.3) is 0 Å². The molecule has 2 aromatic rings. The van der Waals surface area contributed by atoms with Gasteiger partial charge in [0, 0.05) is 25.7 Å². The number of aliphatic imine (C=N–C) groups is 1. The minimum atomic E-state index is 0.283. The first-order chi connectivity index (χ1) is 11.3. The van der Waals surface area contributed by atoms with Crippen LogP contribution in [0, 0.1) is 4.91 Å². The Morgan fingerprint density at radius 1 is 1.30 bits per heavy atom. The van der Waals surface area contributed by atoms with Crippen LogP contribution in [0.3, 0.4) is 0 Å². The third-order valence-corrected chi connectivity index (χ3v) is 3.79. The molecule has 3 rings (SSSR count). The quantitative estimate of drug-likeness (QED) is 0.858. The van der Waals surface area contributed by atoms with E-state index < -0.39 is 0 Å². The lowest BCUT2D eigenvalue weighted by molar-refractivity contribution is 0.292. The number of nitrogens with one attached hydrogen (secondary N) is 1. The highest BCUT2D eigenvalue weighted by Gasteiger charge is 2.08. The molecule has 2 heterocycles. The predicted octanol–water partition coefficient (Wildman–Crippen LogP) is 3.39. The zero-order valence-electron chi connectivity index (χ0n) is 13.0. The average Bonchev–Trinajstić information content (AvgIpc) is 2.95. The molecule has 1 aliphatic rings. The average molecular weight is 313 g/mol. The first-order valence-electron chi connectivity index (χ1n) is 7.63. The van der Waals surface area contributed by atoms with Crippen LogP contribution in [0.1, 0.15) is 25.1 Å². The monoisotopic (exact) mass is 313 g/mol. The molecule has 0 spiro atoms. The summed E-state index contributed by atoms with van der Waals surface area (Å²) in [6.45, 7) is 1.19. The number of benzene rings is 1. The Morgan fingerprint density at radius 3 is 2.78 bits per heavy atom. The van der Waals surface area contributed by atoms with Gasteiger partial charge < -0.3 is 14.6 Å². The van der Waals surface area contributed by atoms with Gasteiger partial charge in [0.15, 0.2) is 5.82 Å². The van der Waals surface area contributed by atoms with Gasteiger partial charge in [-0.15, -0.1) is 4.91 Å². The molecule has 1 aromatic heterocycles. The normalized spacial score (nSPS) is 14.2. The van der Waals surface area contributed by atoms with Gasteiger partial charge >= 0.3 is 0 Å². The number of hydrogen-bond donors (Lipinski definition) is 1. The van der Waals surface area contributed by atoms with E-state index in [2.05, 4.69) is 20.5 Å². The van der Waals surface area contributed by atoms with E-state index >= 15 is 0 Å². The summed E-state index contributed by atoms with van der Waals surface area (Å²) in [7, 11) is 1.74. The van der Waals surface area contributed by atoms with E-state index in [1.54, 1.807) is 11.6 Å². The van der Waals surface area contributed by atoms with Crippen molar-refractivity contribution < 1.29 is 4.74 Å². The standard InChI is InChI=1S/C16H19N5O2/c1-21-15(20-22)10-18-16(21)11-23-13-7-5-12(6-8-13)19-14-4-2-3-9-17-14/h5-8,10H,2-4,9,11H2,1H3,(H,17,19). The third-order valence-electron chi connectivity index (χ3n) is 3.79. The lowest BCUT2D eigenvalue weighted by Crippen LogP contribution is -2.15. The van der Waals surface area contributed by atoms with Crippen molar-refractivity contribution in [1.29, 1.82) is 0 Å². The molecule has 0 unspecified atom stereocenters. The first kappa shape index (κ1) is 15.2. The summed E-state index contributed by atoms with van der Waals surface area (Å²) in [5, 5.41) is 6.22. The van der Waals surface area contributed by atoms with Crippen molar-refractivity contribution >= 4 is 17.3 Å². The Labute approximate surface area is 134 Å². The Hall–Kier alpha value is -2.70. The number of amidine groups is 1. The molecular formula is C16H19N5O2. The van der Waals surface area contributed by atoms with Crippen molar-refractivity contribution in [3.63, 3.8) is 0 Å². The lowest BCUT2D eigenvalue weighted by Gasteiger charge is -2.14. The Kier molecular flexibility index (Phi) is 4.65. The van der Waals surface area contributed by atoms with Crippen LogP contribution in [0.25, 0.3) is 0 Å². The van der Waals surface area contributed by atoms with Crippen molar-refractivity contribution in [3.05, 3.63) is 41.2 Å². The largest absolute Gasteiger partial charge is 0.486 e. The van der Waals surface area contributed by atoms with Gasteiger partial charge in [0.05, 0.1) is 6.20 Å². The molecule has 0 bridgehead atoms. The number of anilines is 1. The number of hydrogen-bond acceptors (Lipinski definition) is 6. The number of rotatable bonds is 5. The second-order valence-electron chi connectivity index (χ2n) is 5.41. The van der Waals surface area contributed by atoms with Gasteiger partial charge in [0.2, 0.25) is 0 Å². The minimum absolute atomic E-state index is 0.283.